The van der Waals surface area contributed by atoms with Gasteiger partial charge in [-0.1, -0.05) is 6.42 Å². The molecule has 3 nitrogen and oxygen atoms in total. The first-order chi connectivity index (χ1) is 8.84. The standard InChI is InChI=1S/C13H17BrFNO2S/c1-9-4-3-5-10(2)16(9)19(17,18)13-7-6-11(15)8-12(13)14/h6-10H,3-5H2,1-2H3. The number of sulfonamides is 1. The number of hydrogen-bond acceptors (Lipinski definition) is 2. The molecule has 2 rings (SSSR count). The van der Waals surface area contributed by atoms with E-state index >= 15 is 0 Å². The summed E-state index contributed by atoms with van der Waals surface area (Å²) in [6.45, 7) is 3.84. The van der Waals surface area contributed by atoms with Gasteiger partial charge in [-0.25, -0.2) is 12.8 Å². The lowest BCUT2D eigenvalue weighted by Crippen LogP contribution is -2.47. The summed E-state index contributed by atoms with van der Waals surface area (Å²) >= 11 is 3.14. The van der Waals surface area contributed by atoms with Gasteiger partial charge in [-0.2, -0.15) is 4.31 Å². The van der Waals surface area contributed by atoms with Crippen molar-refractivity contribution in [3.05, 3.63) is 28.5 Å². The molecule has 2 unspecified atom stereocenters. The number of benzene rings is 1. The highest BCUT2D eigenvalue weighted by atomic mass is 79.9. The molecule has 2 atom stereocenters. The Bertz CT molecular complexity index is 566. The van der Waals surface area contributed by atoms with Crippen LogP contribution in [0.4, 0.5) is 4.39 Å². The van der Waals surface area contributed by atoms with Crippen molar-refractivity contribution in [3.8, 4) is 0 Å². The minimum Gasteiger partial charge on any atom is -0.207 e. The monoisotopic (exact) mass is 349 g/mol. The zero-order valence-electron chi connectivity index (χ0n) is 10.9. The third kappa shape index (κ3) is 2.85. The maximum absolute atomic E-state index is 13.1. The molecule has 1 fully saturated rings. The average molecular weight is 350 g/mol. The van der Waals surface area contributed by atoms with Crippen LogP contribution in [-0.4, -0.2) is 24.8 Å². The molecule has 0 aromatic heterocycles. The molecule has 1 aromatic carbocycles. The maximum atomic E-state index is 13.1. The van der Waals surface area contributed by atoms with Crippen LogP contribution in [0.3, 0.4) is 0 Å². The molecular weight excluding hydrogens is 333 g/mol. The van der Waals surface area contributed by atoms with Crippen LogP contribution in [0.5, 0.6) is 0 Å². The highest BCUT2D eigenvalue weighted by Crippen LogP contribution is 2.32. The van der Waals surface area contributed by atoms with Gasteiger partial charge < -0.3 is 0 Å². The van der Waals surface area contributed by atoms with Crippen molar-refractivity contribution in [2.45, 2.75) is 50.1 Å². The number of rotatable bonds is 2. The molecular formula is C13H17BrFNO2S. The Kier molecular flexibility index (Phi) is 4.32. The number of nitrogens with zero attached hydrogens (tertiary/aromatic N) is 1. The quantitative estimate of drug-likeness (QED) is 0.818. The molecule has 1 aliphatic heterocycles. The van der Waals surface area contributed by atoms with Crippen LogP contribution in [-0.2, 0) is 10.0 Å². The summed E-state index contributed by atoms with van der Waals surface area (Å²) in [6, 6.07) is 3.64. The molecule has 106 valence electrons. The lowest BCUT2D eigenvalue weighted by Gasteiger charge is -2.37. The maximum Gasteiger partial charge on any atom is 0.244 e. The second-order valence-electron chi connectivity index (χ2n) is 5.04. The van der Waals surface area contributed by atoms with Crippen molar-refractivity contribution in [1.82, 2.24) is 4.31 Å². The molecule has 0 N–H and O–H groups in total. The highest BCUT2D eigenvalue weighted by molar-refractivity contribution is 9.10. The van der Waals surface area contributed by atoms with Crippen molar-refractivity contribution >= 4 is 26.0 Å². The normalized spacial score (nSPS) is 25.5. The van der Waals surface area contributed by atoms with E-state index in [9.17, 15) is 12.8 Å². The minimum atomic E-state index is -3.59. The summed E-state index contributed by atoms with van der Waals surface area (Å²) in [5.41, 5.74) is 0. The Hall–Kier alpha value is -0.460. The molecule has 0 aliphatic carbocycles. The predicted octanol–water partition coefficient (Wildman–Crippen LogP) is 3.54. The van der Waals surface area contributed by atoms with E-state index < -0.39 is 15.8 Å². The fraction of sp³-hybridized carbons (Fsp3) is 0.538. The van der Waals surface area contributed by atoms with Crippen LogP contribution in [0.1, 0.15) is 33.1 Å². The summed E-state index contributed by atoms with van der Waals surface area (Å²) in [6.07, 6.45) is 2.77. The number of halogens is 2. The molecule has 0 radical (unpaired) electrons. The van der Waals surface area contributed by atoms with Crippen molar-refractivity contribution < 1.29 is 12.8 Å². The highest BCUT2D eigenvalue weighted by Gasteiger charge is 2.36. The lowest BCUT2D eigenvalue weighted by atomic mass is 10.0. The Morgan fingerprint density at radius 1 is 1.26 bits per heavy atom. The van der Waals surface area contributed by atoms with Gasteiger partial charge in [0, 0.05) is 16.6 Å². The van der Waals surface area contributed by atoms with Gasteiger partial charge >= 0.3 is 0 Å². The first kappa shape index (κ1) is 14.9. The Morgan fingerprint density at radius 3 is 2.37 bits per heavy atom. The molecule has 1 saturated heterocycles. The number of hydrogen-bond donors (Lipinski definition) is 0. The topological polar surface area (TPSA) is 37.4 Å². The summed E-state index contributed by atoms with van der Waals surface area (Å²) < 4.78 is 40.3. The Morgan fingerprint density at radius 2 is 1.84 bits per heavy atom. The average Bonchev–Trinajstić information content (AvgIpc) is 2.27. The molecule has 1 aromatic rings. The molecule has 1 heterocycles. The van der Waals surface area contributed by atoms with Crippen LogP contribution in [0.25, 0.3) is 0 Å². The van der Waals surface area contributed by atoms with Crippen molar-refractivity contribution in [2.24, 2.45) is 0 Å². The van der Waals surface area contributed by atoms with Gasteiger partial charge in [0.15, 0.2) is 0 Å². The number of piperidine rings is 1. The van der Waals surface area contributed by atoms with Crippen molar-refractivity contribution in [3.63, 3.8) is 0 Å². The predicted molar refractivity (Wildman–Crippen MR) is 75.9 cm³/mol. The van der Waals surface area contributed by atoms with Crippen molar-refractivity contribution in [1.29, 1.82) is 0 Å². The summed E-state index contributed by atoms with van der Waals surface area (Å²) in [7, 11) is -3.59. The summed E-state index contributed by atoms with van der Waals surface area (Å²) in [5.74, 6) is -0.453. The van der Waals surface area contributed by atoms with E-state index in [1.165, 1.54) is 18.2 Å². The van der Waals surface area contributed by atoms with Gasteiger partial charge in [0.1, 0.15) is 5.82 Å². The van der Waals surface area contributed by atoms with E-state index in [1.807, 2.05) is 13.8 Å². The molecule has 1 aliphatic rings. The van der Waals surface area contributed by atoms with E-state index in [-0.39, 0.29) is 21.5 Å². The fourth-order valence-corrected chi connectivity index (χ4v) is 5.56. The Balaban J connectivity index is 2.46. The molecule has 0 bridgehead atoms. The van der Waals surface area contributed by atoms with Crippen molar-refractivity contribution in [2.75, 3.05) is 0 Å². The van der Waals surface area contributed by atoms with Crippen LogP contribution in [0.2, 0.25) is 0 Å². The third-order valence-corrected chi connectivity index (χ3v) is 6.67. The molecule has 19 heavy (non-hydrogen) atoms. The summed E-state index contributed by atoms with van der Waals surface area (Å²) in [5, 5.41) is 0. The van der Waals surface area contributed by atoms with Crippen LogP contribution in [0, 0.1) is 5.82 Å². The first-order valence-electron chi connectivity index (χ1n) is 6.32. The van der Waals surface area contributed by atoms with E-state index in [4.69, 9.17) is 0 Å². The molecule has 0 amide bonds. The van der Waals surface area contributed by atoms with Crippen LogP contribution in [0.15, 0.2) is 27.6 Å². The van der Waals surface area contributed by atoms with Gasteiger partial charge in [0.25, 0.3) is 0 Å². The largest absolute Gasteiger partial charge is 0.244 e. The van der Waals surface area contributed by atoms with E-state index in [2.05, 4.69) is 15.9 Å². The van der Waals surface area contributed by atoms with E-state index in [1.54, 1.807) is 4.31 Å². The van der Waals surface area contributed by atoms with E-state index in [0.717, 1.165) is 19.3 Å². The van der Waals surface area contributed by atoms with E-state index in [0.29, 0.717) is 0 Å². The van der Waals surface area contributed by atoms with Gasteiger partial charge in [-0.3, -0.25) is 0 Å². The molecule has 6 heteroatoms. The first-order valence-corrected chi connectivity index (χ1v) is 8.56. The fourth-order valence-electron chi connectivity index (χ4n) is 2.67. The van der Waals surface area contributed by atoms with Crippen LogP contribution >= 0.6 is 15.9 Å². The lowest BCUT2D eigenvalue weighted by molar-refractivity contribution is 0.204. The van der Waals surface area contributed by atoms with Gasteiger partial charge in [-0.05, 0) is 60.8 Å². The van der Waals surface area contributed by atoms with Gasteiger partial charge in [-0.15, -0.1) is 0 Å². The minimum absolute atomic E-state index is 0.0225. The van der Waals surface area contributed by atoms with Crippen LogP contribution < -0.4 is 0 Å². The zero-order valence-corrected chi connectivity index (χ0v) is 13.3. The molecule has 0 spiro atoms. The Labute approximate surface area is 122 Å². The zero-order chi connectivity index (χ0) is 14.2. The molecule has 0 saturated carbocycles. The second kappa shape index (κ2) is 5.50. The third-order valence-electron chi connectivity index (χ3n) is 3.56. The van der Waals surface area contributed by atoms with Gasteiger partial charge in [0.2, 0.25) is 10.0 Å². The SMILES string of the molecule is CC1CCCC(C)N1S(=O)(=O)c1ccc(F)cc1Br. The second-order valence-corrected chi connectivity index (χ2v) is 7.70. The van der Waals surface area contributed by atoms with Gasteiger partial charge in [0.05, 0.1) is 4.90 Å². The smallest absolute Gasteiger partial charge is 0.207 e. The summed E-state index contributed by atoms with van der Waals surface area (Å²) in [4.78, 5) is 0.134.